The van der Waals surface area contributed by atoms with Gasteiger partial charge in [0.1, 0.15) is 28.2 Å². The van der Waals surface area contributed by atoms with E-state index < -0.39 is 0 Å². The molecule has 4 aromatic rings. The lowest BCUT2D eigenvalue weighted by Crippen LogP contribution is -1.97. The van der Waals surface area contributed by atoms with Crippen LogP contribution in [0.4, 0.5) is 11.5 Å². The van der Waals surface area contributed by atoms with E-state index in [0.29, 0.717) is 16.2 Å². The van der Waals surface area contributed by atoms with Crippen LogP contribution >= 0.6 is 15.9 Å². The molecule has 8 heteroatoms. The monoisotopic (exact) mass is 396 g/mol. The second-order valence-corrected chi connectivity index (χ2v) is 6.02. The fourth-order valence-corrected chi connectivity index (χ4v) is 3.05. The molecule has 0 aliphatic rings. The van der Waals surface area contributed by atoms with Gasteiger partial charge in [-0.25, -0.2) is 14.6 Å². The van der Waals surface area contributed by atoms with E-state index in [0.717, 1.165) is 22.5 Å². The average molecular weight is 397 g/mol. The molecule has 0 amide bonds. The number of aromatic nitrogens is 5. The van der Waals surface area contributed by atoms with Crippen molar-refractivity contribution in [2.24, 2.45) is 7.05 Å². The first-order valence-electron chi connectivity index (χ1n) is 7.49. The SMILES string of the molecule is Cn1nc(Br)c2c(Nc3cccc(Oc4ccncc4)c3)ncnc21. The van der Waals surface area contributed by atoms with Crippen molar-refractivity contribution in [1.29, 1.82) is 0 Å². The molecule has 0 fully saturated rings. The van der Waals surface area contributed by atoms with Crippen LogP contribution in [0.15, 0.2) is 59.7 Å². The smallest absolute Gasteiger partial charge is 0.164 e. The Morgan fingerprint density at radius 2 is 1.92 bits per heavy atom. The Labute approximate surface area is 151 Å². The molecule has 1 N–H and O–H groups in total. The third kappa shape index (κ3) is 3.16. The standard InChI is InChI=1S/C17H13BrN6O/c1-24-17-14(15(18)23-24)16(20-10-21-17)22-11-3-2-4-13(9-11)25-12-5-7-19-8-6-12/h2-10H,1H3,(H,20,21,22). The molecule has 3 heterocycles. The Bertz CT molecular complexity index is 1030. The second-order valence-electron chi connectivity index (χ2n) is 5.27. The van der Waals surface area contributed by atoms with Crippen LogP contribution in [0.2, 0.25) is 0 Å². The van der Waals surface area contributed by atoms with Gasteiger partial charge in [0.05, 0.1) is 5.39 Å². The van der Waals surface area contributed by atoms with Gasteiger partial charge in [0, 0.05) is 31.2 Å². The van der Waals surface area contributed by atoms with E-state index in [2.05, 4.69) is 41.3 Å². The van der Waals surface area contributed by atoms with Crippen LogP contribution in [-0.2, 0) is 7.05 Å². The van der Waals surface area contributed by atoms with Crippen molar-refractivity contribution in [2.75, 3.05) is 5.32 Å². The van der Waals surface area contributed by atoms with E-state index in [1.807, 2.05) is 31.3 Å². The van der Waals surface area contributed by atoms with Crippen molar-refractivity contribution in [2.45, 2.75) is 0 Å². The molecule has 124 valence electrons. The maximum atomic E-state index is 5.83. The highest BCUT2D eigenvalue weighted by Gasteiger charge is 2.13. The fourth-order valence-electron chi connectivity index (χ4n) is 2.45. The zero-order valence-corrected chi connectivity index (χ0v) is 14.8. The summed E-state index contributed by atoms with van der Waals surface area (Å²) in [6.45, 7) is 0. The number of hydrogen-bond donors (Lipinski definition) is 1. The number of ether oxygens (including phenoxy) is 1. The molecule has 3 aromatic heterocycles. The molecule has 0 spiro atoms. The molecule has 0 saturated carbocycles. The molecule has 0 atom stereocenters. The zero-order chi connectivity index (χ0) is 17.2. The van der Waals surface area contributed by atoms with Gasteiger partial charge < -0.3 is 10.1 Å². The molecule has 0 bridgehead atoms. The molecule has 25 heavy (non-hydrogen) atoms. The van der Waals surface area contributed by atoms with Crippen LogP contribution in [0.5, 0.6) is 11.5 Å². The highest BCUT2D eigenvalue weighted by molar-refractivity contribution is 9.10. The van der Waals surface area contributed by atoms with Crippen LogP contribution in [0.25, 0.3) is 11.0 Å². The Hall–Kier alpha value is -3.00. The molecular formula is C17H13BrN6O. The van der Waals surface area contributed by atoms with Crippen molar-refractivity contribution in [3.63, 3.8) is 0 Å². The minimum absolute atomic E-state index is 0.672. The number of benzene rings is 1. The Morgan fingerprint density at radius 1 is 1.08 bits per heavy atom. The van der Waals surface area contributed by atoms with Gasteiger partial charge in [-0.15, -0.1) is 0 Å². The van der Waals surface area contributed by atoms with Crippen molar-refractivity contribution in [1.82, 2.24) is 24.7 Å². The van der Waals surface area contributed by atoms with Crippen LogP contribution < -0.4 is 10.1 Å². The highest BCUT2D eigenvalue weighted by atomic mass is 79.9. The van der Waals surface area contributed by atoms with Crippen molar-refractivity contribution < 1.29 is 4.74 Å². The summed E-state index contributed by atoms with van der Waals surface area (Å²) in [5, 5.41) is 8.45. The number of aryl methyl sites for hydroxylation is 1. The molecule has 0 aliphatic heterocycles. The average Bonchev–Trinajstić information content (AvgIpc) is 2.91. The normalized spacial score (nSPS) is 10.8. The van der Waals surface area contributed by atoms with E-state index in [1.165, 1.54) is 6.33 Å². The van der Waals surface area contributed by atoms with E-state index in [9.17, 15) is 0 Å². The molecule has 7 nitrogen and oxygen atoms in total. The minimum atomic E-state index is 0.672. The van der Waals surface area contributed by atoms with Crippen LogP contribution in [0.3, 0.4) is 0 Å². The maximum absolute atomic E-state index is 5.83. The summed E-state index contributed by atoms with van der Waals surface area (Å²) in [5.41, 5.74) is 1.59. The van der Waals surface area contributed by atoms with E-state index >= 15 is 0 Å². The lowest BCUT2D eigenvalue weighted by molar-refractivity contribution is 0.482. The van der Waals surface area contributed by atoms with E-state index in [4.69, 9.17) is 4.74 Å². The molecule has 0 unspecified atom stereocenters. The lowest BCUT2D eigenvalue weighted by atomic mass is 10.3. The molecule has 4 rings (SSSR count). The molecular weight excluding hydrogens is 384 g/mol. The highest BCUT2D eigenvalue weighted by Crippen LogP contribution is 2.30. The quantitative estimate of drug-likeness (QED) is 0.560. The van der Waals surface area contributed by atoms with Gasteiger partial charge in [0.15, 0.2) is 5.65 Å². The van der Waals surface area contributed by atoms with Crippen LogP contribution in [0, 0.1) is 0 Å². The summed E-state index contributed by atoms with van der Waals surface area (Å²) in [6.07, 6.45) is 4.89. The van der Waals surface area contributed by atoms with E-state index in [1.54, 1.807) is 29.2 Å². The zero-order valence-electron chi connectivity index (χ0n) is 13.2. The van der Waals surface area contributed by atoms with Crippen molar-refractivity contribution in [3.8, 4) is 11.5 Å². The number of pyridine rings is 1. The first kappa shape index (κ1) is 15.5. The van der Waals surface area contributed by atoms with Gasteiger partial charge in [-0.3, -0.25) is 4.98 Å². The summed E-state index contributed by atoms with van der Waals surface area (Å²) in [7, 11) is 1.84. The largest absolute Gasteiger partial charge is 0.457 e. The summed E-state index contributed by atoms with van der Waals surface area (Å²) in [4.78, 5) is 12.6. The third-order valence-corrected chi connectivity index (χ3v) is 4.12. The second kappa shape index (κ2) is 6.48. The van der Waals surface area contributed by atoms with Gasteiger partial charge in [-0.2, -0.15) is 5.10 Å². The number of halogens is 1. The summed E-state index contributed by atoms with van der Waals surface area (Å²) in [6, 6.07) is 11.3. The number of nitrogens with zero attached hydrogens (tertiary/aromatic N) is 5. The number of fused-ring (bicyclic) bond motifs is 1. The Kier molecular flexibility index (Phi) is 4.02. The maximum Gasteiger partial charge on any atom is 0.164 e. The number of hydrogen-bond acceptors (Lipinski definition) is 6. The van der Waals surface area contributed by atoms with Crippen LogP contribution in [0.1, 0.15) is 0 Å². The molecule has 0 radical (unpaired) electrons. The Morgan fingerprint density at radius 3 is 2.76 bits per heavy atom. The van der Waals surface area contributed by atoms with Gasteiger partial charge in [-0.1, -0.05) is 6.07 Å². The topological polar surface area (TPSA) is 77.8 Å². The van der Waals surface area contributed by atoms with Gasteiger partial charge >= 0.3 is 0 Å². The van der Waals surface area contributed by atoms with Crippen molar-refractivity contribution in [3.05, 3.63) is 59.7 Å². The number of nitrogens with one attached hydrogen (secondary N) is 1. The summed E-state index contributed by atoms with van der Waals surface area (Å²) in [5.74, 6) is 2.12. The summed E-state index contributed by atoms with van der Waals surface area (Å²) >= 11 is 3.46. The summed E-state index contributed by atoms with van der Waals surface area (Å²) < 4.78 is 8.23. The molecule has 0 aliphatic carbocycles. The van der Waals surface area contributed by atoms with Gasteiger partial charge in [0.25, 0.3) is 0 Å². The first-order valence-corrected chi connectivity index (χ1v) is 8.28. The van der Waals surface area contributed by atoms with Gasteiger partial charge in [0.2, 0.25) is 0 Å². The predicted molar refractivity (Wildman–Crippen MR) is 98.0 cm³/mol. The predicted octanol–water partition coefficient (Wildman–Crippen LogP) is 4.06. The fraction of sp³-hybridized carbons (Fsp3) is 0.0588. The Balaban J connectivity index is 1.65. The van der Waals surface area contributed by atoms with Crippen molar-refractivity contribution >= 4 is 38.5 Å². The number of rotatable bonds is 4. The third-order valence-electron chi connectivity index (χ3n) is 3.56. The van der Waals surface area contributed by atoms with E-state index in [-0.39, 0.29) is 0 Å². The molecule has 0 saturated heterocycles. The minimum Gasteiger partial charge on any atom is -0.457 e. The lowest BCUT2D eigenvalue weighted by Gasteiger charge is -2.09. The molecule has 1 aromatic carbocycles. The first-order chi connectivity index (χ1) is 12.2. The van der Waals surface area contributed by atoms with Crippen LogP contribution in [-0.4, -0.2) is 24.7 Å². The van der Waals surface area contributed by atoms with Gasteiger partial charge in [-0.05, 0) is 40.2 Å². The number of anilines is 2.